The molecule has 0 aromatic carbocycles. The number of hydrogen-bond acceptors (Lipinski definition) is 7. The van der Waals surface area contributed by atoms with E-state index in [1.54, 1.807) is 28.0 Å². The molecule has 0 spiro atoms. The minimum absolute atomic E-state index is 0.0223. The maximum Gasteiger partial charge on any atom is 0.418 e. The topological polar surface area (TPSA) is 104 Å². The molecule has 5 heterocycles. The van der Waals surface area contributed by atoms with Crippen LogP contribution < -0.4 is 4.90 Å². The lowest BCUT2D eigenvalue weighted by Crippen LogP contribution is -2.54. The first-order valence-corrected chi connectivity index (χ1v) is 11.0. The van der Waals surface area contributed by atoms with E-state index >= 15 is 0 Å². The van der Waals surface area contributed by atoms with Gasteiger partial charge < -0.3 is 9.80 Å². The number of carbonyl (C=O) groups excluding carboxylic acids is 1. The second-order valence-electron chi connectivity index (χ2n) is 8.33. The van der Waals surface area contributed by atoms with Crippen molar-refractivity contribution in [1.82, 2.24) is 29.4 Å². The minimum atomic E-state index is -4.68. The molecule has 12 heteroatoms. The minimum Gasteiger partial charge on any atom is -0.350 e. The number of fused-ring (bicyclic) bond motifs is 1. The monoisotopic (exact) mass is 492 g/mol. The number of alkyl halides is 3. The van der Waals surface area contributed by atoms with E-state index in [0.29, 0.717) is 12.2 Å². The lowest BCUT2D eigenvalue weighted by molar-refractivity contribution is -0.136. The van der Waals surface area contributed by atoms with Crippen LogP contribution in [0, 0.1) is 11.3 Å². The third-order valence-electron chi connectivity index (χ3n) is 6.06. The molecule has 9 nitrogen and oxygen atoms in total. The van der Waals surface area contributed by atoms with E-state index in [9.17, 15) is 23.2 Å². The summed E-state index contributed by atoms with van der Waals surface area (Å²) in [4.78, 5) is 32.8. The molecule has 0 bridgehead atoms. The highest BCUT2D eigenvalue weighted by Gasteiger charge is 2.39. The number of aromatic nitrogens is 5. The van der Waals surface area contributed by atoms with E-state index < -0.39 is 11.7 Å². The summed E-state index contributed by atoms with van der Waals surface area (Å²) in [5, 5.41) is 9.04. The molecule has 1 saturated heterocycles. The Morgan fingerprint density at radius 3 is 2.64 bits per heavy atom. The number of halogens is 3. The Labute approximate surface area is 203 Å². The summed E-state index contributed by atoms with van der Waals surface area (Å²) in [6.07, 6.45) is 0.346. The summed E-state index contributed by atoms with van der Waals surface area (Å²) in [6, 6.07) is 9.57. The largest absolute Gasteiger partial charge is 0.418 e. The van der Waals surface area contributed by atoms with Gasteiger partial charge in [0.05, 0.1) is 22.6 Å². The summed E-state index contributed by atoms with van der Waals surface area (Å²) in [7, 11) is 0. The highest BCUT2D eigenvalue weighted by Crippen LogP contribution is 2.40. The van der Waals surface area contributed by atoms with Crippen molar-refractivity contribution in [2.75, 3.05) is 24.5 Å². The van der Waals surface area contributed by atoms with Crippen molar-refractivity contribution in [2.24, 2.45) is 0 Å². The van der Waals surface area contributed by atoms with Gasteiger partial charge >= 0.3 is 6.18 Å². The van der Waals surface area contributed by atoms with Crippen molar-refractivity contribution < 1.29 is 18.0 Å². The first-order chi connectivity index (χ1) is 17.3. The Hall–Kier alpha value is -4.53. The average Bonchev–Trinajstić information content (AvgIpc) is 3.30. The Morgan fingerprint density at radius 1 is 1.11 bits per heavy atom. The van der Waals surface area contributed by atoms with E-state index in [0.717, 1.165) is 6.20 Å². The second-order valence-corrected chi connectivity index (χ2v) is 8.33. The molecule has 182 valence electrons. The summed E-state index contributed by atoms with van der Waals surface area (Å²) in [5.41, 5.74) is -0.316. The van der Waals surface area contributed by atoms with Crippen molar-refractivity contribution in [1.29, 1.82) is 5.26 Å². The molecule has 1 aliphatic rings. The molecular weight excluding hydrogens is 473 g/mol. The van der Waals surface area contributed by atoms with Crippen molar-refractivity contribution in [3.8, 4) is 11.9 Å². The van der Waals surface area contributed by atoms with Gasteiger partial charge in [0.25, 0.3) is 5.91 Å². The lowest BCUT2D eigenvalue weighted by atomic mass is 10.1. The lowest BCUT2D eigenvalue weighted by Gasteiger charge is -2.40. The zero-order chi connectivity index (χ0) is 25.4. The van der Waals surface area contributed by atoms with Crippen molar-refractivity contribution in [3.63, 3.8) is 0 Å². The maximum atomic E-state index is 14.2. The summed E-state index contributed by atoms with van der Waals surface area (Å²) >= 11 is 0. The van der Waals surface area contributed by atoms with Crippen LogP contribution in [0.15, 0.2) is 55.2 Å². The van der Waals surface area contributed by atoms with Gasteiger partial charge in [0.1, 0.15) is 23.7 Å². The Balaban J connectivity index is 1.55. The Kier molecular flexibility index (Phi) is 5.75. The van der Waals surface area contributed by atoms with Gasteiger partial charge in [-0.15, -0.1) is 0 Å². The number of nitriles is 1. The van der Waals surface area contributed by atoms with Gasteiger partial charge in [-0.05, 0) is 31.2 Å². The molecule has 1 aliphatic heterocycles. The van der Waals surface area contributed by atoms with Crippen LogP contribution in [0.2, 0.25) is 0 Å². The van der Waals surface area contributed by atoms with Gasteiger partial charge in [-0.2, -0.15) is 18.4 Å². The van der Waals surface area contributed by atoms with Crippen molar-refractivity contribution in [2.45, 2.75) is 19.1 Å². The van der Waals surface area contributed by atoms with Gasteiger partial charge in [-0.1, -0.05) is 6.07 Å². The zero-order valence-corrected chi connectivity index (χ0v) is 19.0. The van der Waals surface area contributed by atoms with Gasteiger partial charge in [-0.25, -0.2) is 15.0 Å². The standard InChI is InChI=1S/C24H19F3N8O/c1-15-12-33(23(36)18-4-2-3-6-29-18)8-9-34(15)21-20-17(24(25,26)27)13-35(22(20)32-14-31-21)19-10-16(11-28)5-7-30-19/h2-7,10,13-15H,8-9,12H2,1H3/t15-/m0/s1. The van der Waals surface area contributed by atoms with Crippen LogP contribution in [0.25, 0.3) is 16.9 Å². The molecule has 0 unspecified atom stereocenters. The highest BCUT2D eigenvalue weighted by molar-refractivity contribution is 5.94. The highest BCUT2D eigenvalue weighted by atomic mass is 19.4. The smallest absolute Gasteiger partial charge is 0.350 e. The number of carbonyl (C=O) groups is 1. The van der Waals surface area contributed by atoms with E-state index in [-0.39, 0.29) is 53.3 Å². The Morgan fingerprint density at radius 2 is 1.94 bits per heavy atom. The molecule has 1 amide bonds. The molecular formula is C24H19F3N8O. The number of hydrogen-bond donors (Lipinski definition) is 0. The molecule has 5 rings (SSSR count). The van der Waals surface area contributed by atoms with E-state index in [1.165, 1.54) is 35.4 Å². The number of amides is 1. The van der Waals surface area contributed by atoms with Crippen LogP contribution in [0.3, 0.4) is 0 Å². The van der Waals surface area contributed by atoms with Crippen molar-refractivity contribution >= 4 is 22.8 Å². The van der Waals surface area contributed by atoms with Gasteiger partial charge in [-0.3, -0.25) is 14.3 Å². The first-order valence-electron chi connectivity index (χ1n) is 11.0. The van der Waals surface area contributed by atoms with Crippen molar-refractivity contribution in [3.05, 3.63) is 72.1 Å². The predicted octanol–water partition coefficient (Wildman–Crippen LogP) is 3.45. The fourth-order valence-corrected chi connectivity index (χ4v) is 4.38. The quantitative estimate of drug-likeness (QED) is 0.432. The molecule has 1 fully saturated rings. The van der Waals surface area contributed by atoms with E-state index in [2.05, 4.69) is 19.9 Å². The summed E-state index contributed by atoms with van der Waals surface area (Å²) in [5.74, 6) is 0.0264. The molecule has 4 aromatic rings. The fraction of sp³-hybridized carbons (Fsp3) is 0.250. The number of piperazine rings is 1. The van der Waals surface area contributed by atoms with Crippen LogP contribution in [0.5, 0.6) is 0 Å². The zero-order valence-electron chi connectivity index (χ0n) is 19.0. The van der Waals surface area contributed by atoms with Gasteiger partial charge in [0.15, 0.2) is 5.65 Å². The molecule has 0 N–H and O–H groups in total. The third-order valence-corrected chi connectivity index (χ3v) is 6.06. The number of nitrogens with zero attached hydrogens (tertiary/aromatic N) is 8. The molecule has 0 radical (unpaired) electrons. The SMILES string of the molecule is C[C@H]1CN(C(=O)c2ccccn2)CCN1c1ncnc2c1c(C(F)(F)F)cn2-c1cc(C#N)ccn1. The number of pyridine rings is 2. The molecule has 1 atom stereocenters. The summed E-state index contributed by atoms with van der Waals surface area (Å²) in [6.45, 7) is 2.68. The molecule has 4 aromatic heterocycles. The van der Waals surface area contributed by atoms with Crippen LogP contribution in [0.4, 0.5) is 19.0 Å². The van der Waals surface area contributed by atoms with Gasteiger partial charge in [0.2, 0.25) is 0 Å². The van der Waals surface area contributed by atoms with Crippen LogP contribution >= 0.6 is 0 Å². The van der Waals surface area contributed by atoms with Crippen LogP contribution in [-0.2, 0) is 6.18 Å². The molecule has 36 heavy (non-hydrogen) atoms. The van der Waals surface area contributed by atoms with Crippen LogP contribution in [0.1, 0.15) is 28.5 Å². The van der Waals surface area contributed by atoms with Gasteiger partial charge in [0, 0.05) is 44.3 Å². The normalized spacial score (nSPS) is 16.2. The average molecular weight is 492 g/mol. The fourth-order valence-electron chi connectivity index (χ4n) is 4.38. The molecule has 0 aliphatic carbocycles. The third kappa shape index (κ3) is 4.08. The number of anilines is 1. The second kappa shape index (κ2) is 8.92. The Bertz CT molecular complexity index is 1480. The summed E-state index contributed by atoms with van der Waals surface area (Å²) < 4.78 is 43.7. The predicted molar refractivity (Wildman–Crippen MR) is 123 cm³/mol. The van der Waals surface area contributed by atoms with Crippen LogP contribution in [-0.4, -0.2) is 61.0 Å². The molecule has 0 saturated carbocycles. The number of rotatable bonds is 3. The van der Waals surface area contributed by atoms with E-state index in [4.69, 9.17) is 0 Å². The van der Waals surface area contributed by atoms with E-state index in [1.807, 2.05) is 13.0 Å². The first kappa shape index (κ1) is 23.2. The maximum absolute atomic E-state index is 14.2.